The van der Waals surface area contributed by atoms with Gasteiger partial charge in [0, 0.05) is 29.9 Å². The summed E-state index contributed by atoms with van der Waals surface area (Å²) in [6.45, 7) is 1.62. The van der Waals surface area contributed by atoms with Gasteiger partial charge in [-0.2, -0.15) is 0 Å². The Labute approximate surface area is 166 Å². The van der Waals surface area contributed by atoms with Crippen molar-refractivity contribution < 1.29 is 28.8 Å². The molecule has 0 heterocycles. The monoisotopic (exact) mass is 401 g/mol. The molecule has 0 spiro atoms. The summed E-state index contributed by atoms with van der Waals surface area (Å²) >= 11 is 0. The van der Waals surface area contributed by atoms with E-state index in [-0.39, 0.29) is 22.9 Å². The molecule has 2 aromatic carbocycles. The third-order valence-corrected chi connectivity index (χ3v) is 3.69. The highest BCUT2D eigenvalue weighted by atomic mass is 16.6. The third-order valence-electron chi connectivity index (χ3n) is 3.69. The predicted molar refractivity (Wildman–Crippen MR) is 103 cm³/mol. The van der Waals surface area contributed by atoms with Crippen molar-refractivity contribution >= 4 is 29.2 Å². The van der Waals surface area contributed by atoms with Crippen LogP contribution in [-0.2, 0) is 9.53 Å². The lowest BCUT2D eigenvalue weighted by atomic mass is 10.2. The van der Waals surface area contributed by atoms with E-state index in [0.29, 0.717) is 17.8 Å². The maximum absolute atomic E-state index is 12.2. The van der Waals surface area contributed by atoms with Crippen LogP contribution in [0.1, 0.15) is 27.6 Å². The van der Waals surface area contributed by atoms with Crippen LogP contribution in [0.15, 0.2) is 42.5 Å². The van der Waals surface area contributed by atoms with Crippen molar-refractivity contribution in [2.24, 2.45) is 0 Å². The molecule has 10 nitrogen and oxygen atoms in total. The maximum atomic E-state index is 12.2. The van der Waals surface area contributed by atoms with E-state index in [1.165, 1.54) is 25.3 Å². The maximum Gasteiger partial charge on any atom is 0.342 e. The van der Waals surface area contributed by atoms with Gasteiger partial charge in [0.1, 0.15) is 11.3 Å². The van der Waals surface area contributed by atoms with Gasteiger partial charge in [0.25, 0.3) is 17.5 Å². The number of carbonyl (C=O) groups is 3. The van der Waals surface area contributed by atoms with Crippen LogP contribution in [-0.4, -0.2) is 43.0 Å². The number of hydrogen-bond donors (Lipinski definition) is 2. The van der Waals surface area contributed by atoms with E-state index in [1.54, 1.807) is 25.1 Å². The Hall–Kier alpha value is -3.95. The van der Waals surface area contributed by atoms with Gasteiger partial charge in [-0.05, 0) is 31.2 Å². The summed E-state index contributed by atoms with van der Waals surface area (Å²) in [4.78, 5) is 46.3. The Bertz CT molecular complexity index is 943. The van der Waals surface area contributed by atoms with Gasteiger partial charge in [0.2, 0.25) is 0 Å². The number of esters is 1. The Balaban J connectivity index is 2.02. The van der Waals surface area contributed by atoms with Gasteiger partial charge in [-0.1, -0.05) is 6.07 Å². The topological polar surface area (TPSA) is 137 Å². The van der Waals surface area contributed by atoms with Gasteiger partial charge in [-0.25, -0.2) is 4.79 Å². The fourth-order valence-corrected chi connectivity index (χ4v) is 2.38. The SMILES string of the molecule is CCNC(=O)c1cccc(NC(=O)COC(=O)c2cc([N+](=O)[O-])ccc2OC)c1. The Kier molecular flexibility index (Phi) is 7.24. The van der Waals surface area contributed by atoms with Crippen molar-refractivity contribution in [2.45, 2.75) is 6.92 Å². The highest BCUT2D eigenvalue weighted by Crippen LogP contribution is 2.24. The van der Waals surface area contributed by atoms with Gasteiger partial charge in [-0.15, -0.1) is 0 Å². The Morgan fingerprint density at radius 3 is 2.55 bits per heavy atom. The summed E-state index contributed by atoms with van der Waals surface area (Å²) in [6.07, 6.45) is 0. The van der Waals surface area contributed by atoms with Gasteiger partial charge in [0.05, 0.1) is 12.0 Å². The van der Waals surface area contributed by atoms with Crippen LogP contribution in [0.2, 0.25) is 0 Å². The molecule has 0 unspecified atom stereocenters. The minimum Gasteiger partial charge on any atom is -0.496 e. The molecule has 0 atom stereocenters. The van der Waals surface area contributed by atoms with E-state index in [4.69, 9.17) is 9.47 Å². The van der Waals surface area contributed by atoms with Crippen LogP contribution >= 0.6 is 0 Å². The molecule has 0 aromatic heterocycles. The van der Waals surface area contributed by atoms with Crippen LogP contribution in [0.4, 0.5) is 11.4 Å². The zero-order valence-electron chi connectivity index (χ0n) is 15.8. The second-order valence-electron chi connectivity index (χ2n) is 5.71. The first-order valence-corrected chi connectivity index (χ1v) is 8.53. The number of amides is 2. The molecule has 2 amide bonds. The molecule has 0 aliphatic carbocycles. The Morgan fingerprint density at radius 2 is 1.90 bits per heavy atom. The number of methoxy groups -OCH3 is 1. The van der Waals surface area contributed by atoms with Crippen LogP contribution in [0.25, 0.3) is 0 Å². The van der Waals surface area contributed by atoms with E-state index >= 15 is 0 Å². The van der Waals surface area contributed by atoms with Crippen LogP contribution < -0.4 is 15.4 Å². The molecular formula is C19H19N3O7. The summed E-state index contributed by atoms with van der Waals surface area (Å²) in [6, 6.07) is 9.70. The lowest BCUT2D eigenvalue weighted by Gasteiger charge is -2.10. The molecule has 152 valence electrons. The first kappa shape index (κ1) is 21.4. The number of nitro benzene ring substituents is 1. The minimum atomic E-state index is -0.947. The highest BCUT2D eigenvalue weighted by Gasteiger charge is 2.19. The first-order chi connectivity index (χ1) is 13.8. The van der Waals surface area contributed by atoms with Gasteiger partial charge >= 0.3 is 5.97 Å². The quantitative estimate of drug-likeness (QED) is 0.393. The third kappa shape index (κ3) is 5.76. The molecule has 0 saturated heterocycles. The van der Waals surface area contributed by atoms with Gasteiger partial charge < -0.3 is 20.1 Å². The van der Waals surface area contributed by atoms with E-state index < -0.39 is 23.4 Å². The number of non-ortho nitro benzene ring substituents is 1. The molecule has 10 heteroatoms. The van der Waals surface area contributed by atoms with Crippen molar-refractivity contribution in [3.8, 4) is 5.75 Å². The average molecular weight is 401 g/mol. The average Bonchev–Trinajstić information content (AvgIpc) is 2.71. The van der Waals surface area contributed by atoms with Crippen molar-refractivity contribution in [3.05, 3.63) is 63.7 Å². The molecule has 29 heavy (non-hydrogen) atoms. The summed E-state index contributed by atoms with van der Waals surface area (Å²) in [5.74, 6) is -1.80. The standard InChI is InChI=1S/C19H19N3O7/c1-3-20-18(24)12-5-4-6-13(9-12)21-17(23)11-29-19(25)15-10-14(22(26)27)7-8-16(15)28-2/h4-10H,3,11H2,1-2H3,(H,20,24)(H,21,23). The zero-order chi connectivity index (χ0) is 21.4. The molecule has 0 fully saturated rings. The van der Waals surface area contributed by atoms with Crippen LogP contribution in [0, 0.1) is 10.1 Å². The van der Waals surface area contributed by atoms with E-state index in [0.717, 1.165) is 6.07 Å². The number of nitro groups is 1. The summed E-state index contributed by atoms with van der Waals surface area (Å²) in [7, 11) is 1.30. The van der Waals surface area contributed by atoms with Crippen molar-refractivity contribution in [1.82, 2.24) is 5.32 Å². The van der Waals surface area contributed by atoms with Crippen LogP contribution in [0.3, 0.4) is 0 Å². The number of nitrogens with zero attached hydrogens (tertiary/aromatic N) is 1. The number of anilines is 1. The smallest absolute Gasteiger partial charge is 0.342 e. The lowest BCUT2D eigenvalue weighted by Crippen LogP contribution is -2.23. The number of nitrogens with one attached hydrogen (secondary N) is 2. The van der Waals surface area contributed by atoms with Gasteiger partial charge in [-0.3, -0.25) is 19.7 Å². The zero-order valence-corrected chi connectivity index (χ0v) is 15.8. The molecule has 2 aromatic rings. The largest absolute Gasteiger partial charge is 0.496 e. The van der Waals surface area contributed by atoms with Crippen molar-refractivity contribution in [3.63, 3.8) is 0 Å². The summed E-state index contributed by atoms with van der Waals surface area (Å²) < 4.78 is 9.92. The molecule has 2 rings (SSSR count). The number of hydrogen-bond acceptors (Lipinski definition) is 7. The van der Waals surface area contributed by atoms with E-state index in [1.807, 2.05) is 0 Å². The molecule has 0 saturated carbocycles. The molecule has 0 aliphatic rings. The fraction of sp³-hybridized carbons (Fsp3) is 0.211. The first-order valence-electron chi connectivity index (χ1n) is 8.53. The summed E-state index contributed by atoms with van der Waals surface area (Å²) in [5, 5.41) is 16.0. The molecular weight excluding hydrogens is 382 g/mol. The minimum absolute atomic E-state index is 0.0793. The number of benzene rings is 2. The Morgan fingerprint density at radius 1 is 1.14 bits per heavy atom. The molecule has 0 radical (unpaired) electrons. The second-order valence-corrected chi connectivity index (χ2v) is 5.71. The van der Waals surface area contributed by atoms with Crippen LogP contribution in [0.5, 0.6) is 5.75 Å². The number of rotatable bonds is 8. The lowest BCUT2D eigenvalue weighted by molar-refractivity contribution is -0.384. The van der Waals surface area contributed by atoms with Crippen molar-refractivity contribution in [2.75, 3.05) is 25.6 Å². The molecule has 0 bridgehead atoms. The summed E-state index contributed by atoms with van der Waals surface area (Å²) in [5.41, 5.74) is 0.225. The molecule has 2 N–H and O–H groups in total. The normalized spacial score (nSPS) is 10.0. The van der Waals surface area contributed by atoms with E-state index in [2.05, 4.69) is 10.6 Å². The molecule has 0 aliphatic heterocycles. The van der Waals surface area contributed by atoms with Crippen molar-refractivity contribution in [1.29, 1.82) is 0 Å². The number of carbonyl (C=O) groups excluding carboxylic acids is 3. The highest BCUT2D eigenvalue weighted by molar-refractivity contribution is 5.99. The van der Waals surface area contributed by atoms with E-state index in [9.17, 15) is 24.5 Å². The second kappa shape index (κ2) is 9.83. The fourth-order valence-electron chi connectivity index (χ4n) is 2.38. The predicted octanol–water partition coefficient (Wildman–Crippen LogP) is 2.15. The number of ether oxygens (including phenoxy) is 2. The van der Waals surface area contributed by atoms with Gasteiger partial charge in [0.15, 0.2) is 6.61 Å².